The molecule has 0 radical (unpaired) electrons. The van der Waals surface area contributed by atoms with Crippen molar-refractivity contribution < 1.29 is 24.0 Å². The van der Waals surface area contributed by atoms with Crippen LogP contribution in [0.2, 0.25) is 0 Å². The van der Waals surface area contributed by atoms with Crippen molar-refractivity contribution in [2.75, 3.05) is 6.54 Å². The number of hydrogen-bond donors (Lipinski definition) is 1. The summed E-state index contributed by atoms with van der Waals surface area (Å²) in [6, 6.07) is 6.77. The lowest BCUT2D eigenvalue weighted by molar-refractivity contribution is -0.137. The zero-order valence-electron chi connectivity index (χ0n) is 14.9. The minimum absolute atomic E-state index is 0.0339. The van der Waals surface area contributed by atoms with Crippen molar-refractivity contribution in [3.63, 3.8) is 0 Å². The number of carboxylic acid groups (broad SMARTS) is 1. The van der Waals surface area contributed by atoms with Crippen LogP contribution in [0.5, 0.6) is 5.75 Å². The molecule has 1 unspecified atom stereocenters. The van der Waals surface area contributed by atoms with Crippen LogP contribution in [0.15, 0.2) is 28.8 Å². The first kappa shape index (κ1) is 18.0. The second kappa shape index (κ2) is 7.59. The Labute approximate surface area is 151 Å². The Bertz CT molecular complexity index is 795. The molecule has 3 rings (SSSR count). The molecule has 0 spiro atoms. The van der Waals surface area contributed by atoms with E-state index in [1.165, 1.54) is 0 Å². The highest BCUT2D eigenvalue weighted by Gasteiger charge is 2.32. The molecule has 1 amide bonds. The lowest BCUT2D eigenvalue weighted by Gasteiger charge is -2.24. The number of amides is 1. The van der Waals surface area contributed by atoms with Gasteiger partial charge in [0.1, 0.15) is 18.1 Å². The summed E-state index contributed by atoms with van der Waals surface area (Å²) in [5.74, 6) is 0.0756. The summed E-state index contributed by atoms with van der Waals surface area (Å²) in [7, 11) is 0. The summed E-state index contributed by atoms with van der Waals surface area (Å²) in [5.41, 5.74) is 2.06. The molecule has 0 bridgehead atoms. The standard InChI is InChI=1S/C19H22N2O5/c1-12-16(13(2)26-20-12)11-25-17-8-4-3-7-15(17)19(24)21-9-5-6-14(21)10-18(22)23/h3-4,7-8,14H,5-6,9-11H2,1-2H3,(H,22,23). The van der Waals surface area contributed by atoms with E-state index in [-0.39, 0.29) is 25.0 Å². The molecule has 7 nitrogen and oxygen atoms in total. The predicted octanol–water partition coefficient (Wildman–Crippen LogP) is 2.95. The third-order valence-corrected chi connectivity index (χ3v) is 4.72. The van der Waals surface area contributed by atoms with Crippen molar-refractivity contribution in [2.24, 2.45) is 0 Å². The topological polar surface area (TPSA) is 92.9 Å². The summed E-state index contributed by atoms with van der Waals surface area (Å²) in [4.78, 5) is 25.7. The van der Waals surface area contributed by atoms with Crippen molar-refractivity contribution in [2.45, 2.75) is 45.8 Å². The van der Waals surface area contributed by atoms with Gasteiger partial charge >= 0.3 is 5.97 Å². The Morgan fingerprint density at radius 3 is 2.81 bits per heavy atom. The average Bonchev–Trinajstić information content (AvgIpc) is 3.19. The van der Waals surface area contributed by atoms with Gasteiger partial charge in [-0.1, -0.05) is 17.3 Å². The average molecular weight is 358 g/mol. The smallest absolute Gasteiger partial charge is 0.305 e. The molecule has 7 heteroatoms. The minimum Gasteiger partial charge on any atom is -0.488 e. The van der Waals surface area contributed by atoms with Crippen molar-refractivity contribution >= 4 is 11.9 Å². The fourth-order valence-corrected chi connectivity index (χ4v) is 3.30. The zero-order chi connectivity index (χ0) is 18.7. The van der Waals surface area contributed by atoms with Gasteiger partial charge in [-0.05, 0) is 38.8 Å². The van der Waals surface area contributed by atoms with Crippen LogP contribution in [0.1, 0.15) is 46.6 Å². The van der Waals surface area contributed by atoms with Crippen LogP contribution in [0.3, 0.4) is 0 Å². The van der Waals surface area contributed by atoms with Gasteiger partial charge < -0.3 is 19.3 Å². The number of nitrogens with zero attached hydrogens (tertiary/aromatic N) is 2. The highest BCUT2D eigenvalue weighted by Crippen LogP contribution is 2.27. The second-order valence-electron chi connectivity index (χ2n) is 6.48. The Hall–Kier alpha value is -2.83. The van der Waals surface area contributed by atoms with Gasteiger partial charge in [0.05, 0.1) is 23.2 Å². The third-order valence-electron chi connectivity index (χ3n) is 4.72. The van der Waals surface area contributed by atoms with Crippen molar-refractivity contribution in [1.82, 2.24) is 10.1 Å². The van der Waals surface area contributed by atoms with Gasteiger partial charge in [-0.15, -0.1) is 0 Å². The molecule has 1 atom stereocenters. The summed E-state index contributed by atoms with van der Waals surface area (Å²) in [6.45, 7) is 4.47. The number of aliphatic carboxylic acids is 1. The molecule has 2 heterocycles. The number of ether oxygens (including phenoxy) is 1. The lowest BCUT2D eigenvalue weighted by atomic mass is 10.1. The van der Waals surface area contributed by atoms with Crippen LogP contribution in [0, 0.1) is 13.8 Å². The molecule has 0 aliphatic carbocycles. The summed E-state index contributed by atoms with van der Waals surface area (Å²) >= 11 is 0. The van der Waals surface area contributed by atoms with Crippen LogP contribution in [-0.2, 0) is 11.4 Å². The van der Waals surface area contributed by atoms with Crippen LogP contribution in [0.25, 0.3) is 0 Å². The highest BCUT2D eigenvalue weighted by atomic mass is 16.5. The monoisotopic (exact) mass is 358 g/mol. The Balaban J connectivity index is 1.78. The molecule has 1 aliphatic rings. The number of carbonyl (C=O) groups is 2. The molecule has 1 saturated heterocycles. The quantitative estimate of drug-likeness (QED) is 0.853. The van der Waals surface area contributed by atoms with E-state index in [1.54, 1.807) is 29.2 Å². The van der Waals surface area contributed by atoms with Gasteiger partial charge in [0, 0.05) is 12.6 Å². The third kappa shape index (κ3) is 3.71. The van der Waals surface area contributed by atoms with E-state index in [4.69, 9.17) is 14.4 Å². The van der Waals surface area contributed by atoms with Gasteiger partial charge in [0.2, 0.25) is 0 Å². The number of aryl methyl sites for hydroxylation is 2. The van der Waals surface area contributed by atoms with E-state index >= 15 is 0 Å². The summed E-state index contributed by atoms with van der Waals surface area (Å²) in [6.07, 6.45) is 1.49. The number of rotatable bonds is 6. The molecule has 138 valence electrons. The number of benzene rings is 1. The SMILES string of the molecule is Cc1noc(C)c1COc1ccccc1C(=O)N1CCCC1CC(=O)O. The maximum Gasteiger partial charge on any atom is 0.305 e. The Kier molecular flexibility index (Phi) is 5.25. The van der Waals surface area contributed by atoms with E-state index in [0.717, 1.165) is 17.7 Å². The molecule has 1 aromatic carbocycles. The van der Waals surface area contributed by atoms with E-state index < -0.39 is 5.97 Å². The number of likely N-dealkylation sites (tertiary alicyclic amines) is 1. The second-order valence-corrected chi connectivity index (χ2v) is 6.48. The first-order valence-electron chi connectivity index (χ1n) is 8.63. The maximum absolute atomic E-state index is 13.0. The number of para-hydroxylation sites is 1. The molecule has 1 aromatic heterocycles. The fraction of sp³-hybridized carbons (Fsp3) is 0.421. The van der Waals surface area contributed by atoms with E-state index in [1.807, 2.05) is 13.8 Å². The van der Waals surface area contributed by atoms with Crippen molar-refractivity contribution in [3.05, 3.63) is 46.8 Å². The van der Waals surface area contributed by atoms with E-state index in [9.17, 15) is 9.59 Å². The first-order valence-corrected chi connectivity index (χ1v) is 8.63. The van der Waals surface area contributed by atoms with E-state index in [0.29, 0.717) is 30.0 Å². The van der Waals surface area contributed by atoms with Gasteiger partial charge in [-0.3, -0.25) is 9.59 Å². The summed E-state index contributed by atoms with van der Waals surface area (Å²) in [5, 5.41) is 13.0. The van der Waals surface area contributed by atoms with Crippen molar-refractivity contribution in [3.8, 4) is 5.75 Å². The molecule has 1 fully saturated rings. The number of aromatic nitrogens is 1. The molecule has 1 aliphatic heterocycles. The Morgan fingerprint density at radius 2 is 2.12 bits per heavy atom. The molecule has 26 heavy (non-hydrogen) atoms. The normalized spacial score (nSPS) is 16.7. The lowest BCUT2D eigenvalue weighted by Crippen LogP contribution is -2.37. The van der Waals surface area contributed by atoms with E-state index in [2.05, 4.69) is 5.16 Å². The van der Waals surface area contributed by atoms with Gasteiger partial charge in [0.25, 0.3) is 5.91 Å². The van der Waals surface area contributed by atoms with Crippen LogP contribution in [-0.4, -0.2) is 39.6 Å². The number of carbonyl (C=O) groups excluding carboxylic acids is 1. The Morgan fingerprint density at radius 1 is 1.35 bits per heavy atom. The molecular weight excluding hydrogens is 336 g/mol. The predicted molar refractivity (Wildman–Crippen MR) is 93.1 cm³/mol. The number of hydrogen-bond acceptors (Lipinski definition) is 5. The zero-order valence-corrected chi connectivity index (χ0v) is 14.9. The van der Waals surface area contributed by atoms with Gasteiger partial charge in [0.15, 0.2) is 0 Å². The molecule has 1 N–H and O–H groups in total. The largest absolute Gasteiger partial charge is 0.488 e. The first-order chi connectivity index (χ1) is 12.5. The molecule has 2 aromatic rings. The van der Waals surface area contributed by atoms with Crippen LogP contribution in [0.4, 0.5) is 0 Å². The van der Waals surface area contributed by atoms with Crippen LogP contribution < -0.4 is 4.74 Å². The molecule has 0 saturated carbocycles. The maximum atomic E-state index is 13.0. The highest BCUT2D eigenvalue weighted by molar-refractivity contribution is 5.97. The molecular formula is C19H22N2O5. The van der Waals surface area contributed by atoms with Crippen molar-refractivity contribution in [1.29, 1.82) is 0 Å². The van der Waals surface area contributed by atoms with Crippen LogP contribution >= 0.6 is 0 Å². The number of carboxylic acids is 1. The fourth-order valence-electron chi connectivity index (χ4n) is 3.30. The minimum atomic E-state index is -0.891. The van der Waals surface area contributed by atoms with Gasteiger partial charge in [-0.25, -0.2) is 0 Å². The van der Waals surface area contributed by atoms with Gasteiger partial charge in [-0.2, -0.15) is 0 Å². The summed E-state index contributed by atoms with van der Waals surface area (Å²) < 4.78 is 11.0.